The first kappa shape index (κ1) is 18.8. The van der Waals surface area contributed by atoms with E-state index in [2.05, 4.69) is 54.4 Å². The van der Waals surface area contributed by atoms with Crippen molar-refractivity contribution in [2.45, 2.75) is 52.7 Å². The standard InChI is InChI=1S/C20H33N3O/c1-15-12-23(14-17-10-8-7-9-11-17)13-16(2)18(15)22(6)19(24)21-20(3,4)5/h7-11,15-16,18H,12-14H2,1-6H3,(H,21,24)/t15-,16+,18?. The SMILES string of the molecule is C[C@@H]1CN(Cc2ccccc2)C[C@H](C)C1N(C)C(=O)NC(C)(C)C. The van der Waals surface area contributed by atoms with Crippen molar-refractivity contribution in [3.8, 4) is 0 Å². The summed E-state index contributed by atoms with van der Waals surface area (Å²) in [5.41, 5.74) is 1.15. The van der Waals surface area contributed by atoms with E-state index >= 15 is 0 Å². The molecule has 1 N–H and O–H groups in total. The highest BCUT2D eigenvalue weighted by Crippen LogP contribution is 2.27. The van der Waals surface area contributed by atoms with Crippen LogP contribution in [0.5, 0.6) is 0 Å². The number of carbonyl (C=O) groups is 1. The van der Waals surface area contributed by atoms with Crippen LogP contribution in [-0.2, 0) is 6.54 Å². The topological polar surface area (TPSA) is 35.6 Å². The van der Waals surface area contributed by atoms with Crippen LogP contribution in [0.2, 0.25) is 0 Å². The normalized spacial score (nSPS) is 25.3. The number of hydrogen-bond donors (Lipinski definition) is 1. The van der Waals surface area contributed by atoms with E-state index in [1.807, 2.05) is 32.7 Å². The Morgan fingerprint density at radius 3 is 2.21 bits per heavy atom. The van der Waals surface area contributed by atoms with Gasteiger partial charge < -0.3 is 10.2 Å². The molecule has 0 aliphatic carbocycles. The molecule has 0 spiro atoms. The number of urea groups is 1. The maximum Gasteiger partial charge on any atom is 0.317 e. The van der Waals surface area contributed by atoms with E-state index in [0.29, 0.717) is 11.8 Å². The first-order chi connectivity index (χ1) is 11.2. The molecule has 1 aliphatic heterocycles. The number of piperidine rings is 1. The zero-order valence-electron chi connectivity index (χ0n) is 16.0. The molecule has 1 aromatic carbocycles. The lowest BCUT2D eigenvalue weighted by Gasteiger charge is -2.45. The number of rotatable bonds is 3. The Kier molecular flexibility index (Phi) is 5.92. The van der Waals surface area contributed by atoms with E-state index < -0.39 is 0 Å². The summed E-state index contributed by atoms with van der Waals surface area (Å²) in [5, 5.41) is 3.08. The largest absolute Gasteiger partial charge is 0.333 e. The Morgan fingerprint density at radius 2 is 1.71 bits per heavy atom. The van der Waals surface area contributed by atoms with Gasteiger partial charge in [-0.25, -0.2) is 4.79 Å². The van der Waals surface area contributed by atoms with Gasteiger partial charge in [-0.15, -0.1) is 0 Å². The molecule has 3 atom stereocenters. The van der Waals surface area contributed by atoms with Gasteiger partial charge in [-0.1, -0.05) is 44.2 Å². The third-order valence-corrected chi connectivity index (χ3v) is 4.76. The minimum Gasteiger partial charge on any atom is -0.333 e. The first-order valence-electron chi connectivity index (χ1n) is 8.98. The summed E-state index contributed by atoms with van der Waals surface area (Å²) in [4.78, 5) is 17.0. The molecule has 2 amide bonds. The summed E-state index contributed by atoms with van der Waals surface area (Å²) < 4.78 is 0. The van der Waals surface area contributed by atoms with E-state index in [-0.39, 0.29) is 17.6 Å². The zero-order chi connectivity index (χ0) is 17.9. The quantitative estimate of drug-likeness (QED) is 0.919. The minimum absolute atomic E-state index is 0.0303. The molecule has 1 aliphatic rings. The average molecular weight is 332 g/mol. The lowest BCUT2D eigenvalue weighted by atomic mass is 9.84. The van der Waals surface area contributed by atoms with Crippen LogP contribution in [0.15, 0.2) is 30.3 Å². The Labute approximate surface area is 147 Å². The molecule has 134 valence electrons. The summed E-state index contributed by atoms with van der Waals surface area (Å²) >= 11 is 0. The Bertz CT molecular complexity index is 526. The lowest BCUT2D eigenvalue weighted by molar-refractivity contribution is 0.0466. The summed E-state index contributed by atoms with van der Waals surface area (Å²) in [7, 11) is 1.94. The number of carbonyl (C=O) groups excluding carboxylic acids is 1. The minimum atomic E-state index is -0.203. The molecule has 24 heavy (non-hydrogen) atoms. The van der Waals surface area contributed by atoms with Gasteiger partial charge in [0.25, 0.3) is 0 Å². The second kappa shape index (κ2) is 7.56. The molecule has 1 unspecified atom stereocenters. The number of hydrogen-bond acceptors (Lipinski definition) is 2. The maximum atomic E-state index is 12.5. The van der Waals surface area contributed by atoms with Gasteiger partial charge >= 0.3 is 6.03 Å². The van der Waals surface area contributed by atoms with Crippen LogP contribution in [-0.4, -0.2) is 47.5 Å². The van der Waals surface area contributed by atoms with E-state index in [9.17, 15) is 4.79 Å². The van der Waals surface area contributed by atoms with Crippen molar-refractivity contribution in [2.75, 3.05) is 20.1 Å². The highest BCUT2D eigenvalue weighted by atomic mass is 16.2. The van der Waals surface area contributed by atoms with Crippen LogP contribution in [0.4, 0.5) is 4.79 Å². The second-order valence-corrected chi connectivity index (χ2v) is 8.42. The van der Waals surface area contributed by atoms with Gasteiger partial charge in [-0.05, 0) is 38.2 Å². The van der Waals surface area contributed by atoms with Gasteiger partial charge in [0.15, 0.2) is 0 Å². The van der Waals surface area contributed by atoms with E-state index in [1.165, 1.54) is 5.56 Å². The molecule has 1 heterocycles. The van der Waals surface area contributed by atoms with Gasteiger partial charge in [-0.2, -0.15) is 0 Å². The molecular formula is C20H33N3O. The molecule has 4 heteroatoms. The van der Waals surface area contributed by atoms with Crippen molar-refractivity contribution in [1.29, 1.82) is 0 Å². The van der Waals surface area contributed by atoms with E-state index in [4.69, 9.17) is 0 Å². The molecule has 1 saturated heterocycles. The van der Waals surface area contributed by atoms with E-state index in [0.717, 1.165) is 19.6 Å². The van der Waals surface area contributed by atoms with E-state index in [1.54, 1.807) is 0 Å². The van der Waals surface area contributed by atoms with Crippen LogP contribution < -0.4 is 5.32 Å². The van der Waals surface area contributed by atoms with Crippen molar-refractivity contribution in [1.82, 2.24) is 15.1 Å². The first-order valence-corrected chi connectivity index (χ1v) is 8.98. The molecule has 1 fully saturated rings. The van der Waals surface area contributed by atoms with Gasteiger partial charge in [0.2, 0.25) is 0 Å². The fourth-order valence-electron chi connectivity index (χ4n) is 3.94. The van der Waals surface area contributed by atoms with Crippen LogP contribution >= 0.6 is 0 Å². The monoisotopic (exact) mass is 331 g/mol. The van der Waals surface area contributed by atoms with Crippen LogP contribution in [0, 0.1) is 11.8 Å². The maximum absolute atomic E-state index is 12.5. The molecule has 4 nitrogen and oxygen atoms in total. The fourth-order valence-corrected chi connectivity index (χ4v) is 3.94. The second-order valence-electron chi connectivity index (χ2n) is 8.42. The molecular weight excluding hydrogens is 298 g/mol. The molecule has 0 aromatic heterocycles. The highest BCUT2D eigenvalue weighted by Gasteiger charge is 2.36. The molecule has 0 radical (unpaired) electrons. The Hall–Kier alpha value is -1.55. The van der Waals surface area contributed by atoms with Gasteiger partial charge in [0.1, 0.15) is 0 Å². The van der Waals surface area contributed by atoms with Crippen molar-refractivity contribution in [3.05, 3.63) is 35.9 Å². The third kappa shape index (κ3) is 4.97. The summed E-state index contributed by atoms with van der Waals surface area (Å²) in [6.45, 7) is 13.6. The lowest BCUT2D eigenvalue weighted by Crippen LogP contribution is -2.58. The Balaban J connectivity index is 1.99. The smallest absolute Gasteiger partial charge is 0.317 e. The van der Waals surface area contributed by atoms with Gasteiger partial charge in [-0.3, -0.25) is 4.90 Å². The predicted molar refractivity (Wildman–Crippen MR) is 99.9 cm³/mol. The van der Waals surface area contributed by atoms with Gasteiger partial charge in [0, 0.05) is 38.3 Å². The predicted octanol–water partition coefficient (Wildman–Crippen LogP) is 3.58. The molecule has 0 saturated carbocycles. The van der Waals surface area contributed by atoms with Crippen LogP contribution in [0.1, 0.15) is 40.2 Å². The van der Waals surface area contributed by atoms with Gasteiger partial charge in [0.05, 0.1) is 0 Å². The number of benzene rings is 1. The summed E-state index contributed by atoms with van der Waals surface area (Å²) in [5.74, 6) is 0.904. The summed E-state index contributed by atoms with van der Waals surface area (Å²) in [6.07, 6.45) is 0. The van der Waals surface area contributed by atoms with Crippen molar-refractivity contribution in [3.63, 3.8) is 0 Å². The van der Waals surface area contributed by atoms with Crippen LogP contribution in [0.3, 0.4) is 0 Å². The Morgan fingerprint density at radius 1 is 1.17 bits per heavy atom. The number of nitrogens with zero attached hydrogens (tertiary/aromatic N) is 2. The number of amides is 2. The van der Waals surface area contributed by atoms with Crippen LogP contribution in [0.25, 0.3) is 0 Å². The molecule has 0 bridgehead atoms. The average Bonchev–Trinajstić information content (AvgIpc) is 2.45. The highest BCUT2D eigenvalue weighted by molar-refractivity contribution is 5.75. The van der Waals surface area contributed by atoms with Crippen molar-refractivity contribution in [2.24, 2.45) is 11.8 Å². The third-order valence-electron chi connectivity index (χ3n) is 4.76. The van der Waals surface area contributed by atoms with Crippen molar-refractivity contribution < 1.29 is 4.79 Å². The fraction of sp³-hybridized carbons (Fsp3) is 0.650. The zero-order valence-corrected chi connectivity index (χ0v) is 16.0. The molecule has 1 aromatic rings. The molecule has 2 rings (SSSR count). The van der Waals surface area contributed by atoms with Crippen molar-refractivity contribution >= 4 is 6.03 Å². The number of likely N-dealkylation sites (tertiary alicyclic amines) is 1. The summed E-state index contributed by atoms with van der Waals surface area (Å²) in [6, 6.07) is 10.9. The number of nitrogens with one attached hydrogen (secondary N) is 1.